The number of hydrogen-bond acceptors (Lipinski definition) is 3. The lowest BCUT2D eigenvalue weighted by atomic mass is 10.2. The highest BCUT2D eigenvalue weighted by atomic mass is 16.2. The van der Waals surface area contributed by atoms with Gasteiger partial charge in [-0.15, -0.1) is 0 Å². The third-order valence-corrected chi connectivity index (χ3v) is 3.09. The molecule has 1 atom stereocenters. The van der Waals surface area contributed by atoms with Crippen LogP contribution in [0.3, 0.4) is 0 Å². The zero-order valence-electron chi connectivity index (χ0n) is 10.7. The van der Waals surface area contributed by atoms with Crippen molar-refractivity contribution >= 4 is 16.8 Å². The largest absolute Gasteiger partial charge is 0.347 e. The predicted molar refractivity (Wildman–Crippen MR) is 71.3 cm³/mol. The first-order valence-corrected chi connectivity index (χ1v) is 6.10. The fourth-order valence-electron chi connectivity index (χ4n) is 1.96. The van der Waals surface area contributed by atoms with E-state index in [9.17, 15) is 4.79 Å². The molecule has 5 nitrogen and oxygen atoms in total. The highest BCUT2D eigenvalue weighted by Crippen LogP contribution is 2.17. The molecule has 0 aliphatic carbocycles. The van der Waals surface area contributed by atoms with Gasteiger partial charge in [-0.3, -0.25) is 9.48 Å². The van der Waals surface area contributed by atoms with Crippen molar-refractivity contribution in [3.05, 3.63) is 30.0 Å². The first-order chi connectivity index (χ1) is 8.67. The maximum Gasteiger partial charge on any atom is 0.272 e. The average molecular weight is 246 g/mol. The lowest BCUT2D eigenvalue weighted by Gasteiger charge is -2.13. The molecular formula is C13H18N4O. The van der Waals surface area contributed by atoms with Crippen molar-refractivity contribution in [2.24, 2.45) is 12.8 Å². The highest BCUT2D eigenvalue weighted by molar-refractivity contribution is 6.04. The Morgan fingerprint density at radius 1 is 1.50 bits per heavy atom. The molecule has 2 aromatic rings. The van der Waals surface area contributed by atoms with Gasteiger partial charge in [-0.25, -0.2) is 0 Å². The Morgan fingerprint density at radius 3 is 2.89 bits per heavy atom. The van der Waals surface area contributed by atoms with Crippen LogP contribution in [0.5, 0.6) is 0 Å². The van der Waals surface area contributed by atoms with E-state index in [1.165, 1.54) is 0 Å². The van der Waals surface area contributed by atoms with Gasteiger partial charge in [0, 0.05) is 25.0 Å². The molecule has 0 aliphatic heterocycles. The molecule has 96 valence electrons. The molecule has 0 saturated carbocycles. The SMILES string of the molecule is CCC(CN)NC(=O)c1nn(C)c2ccccc12. The molecule has 1 amide bonds. The van der Waals surface area contributed by atoms with Gasteiger partial charge in [0.05, 0.1) is 5.52 Å². The first-order valence-electron chi connectivity index (χ1n) is 6.10. The molecule has 0 spiro atoms. The number of nitrogens with zero attached hydrogens (tertiary/aromatic N) is 2. The summed E-state index contributed by atoms with van der Waals surface area (Å²) in [7, 11) is 1.83. The Kier molecular flexibility index (Phi) is 3.62. The summed E-state index contributed by atoms with van der Waals surface area (Å²) in [5.41, 5.74) is 6.99. The van der Waals surface area contributed by atoms with Gasteiger partial charge in [-0.2, -0.15) is 5.10 Å². The maximum absolute atomic E-state index is 12.2. The molecular weight excluding hydrogens is 228 g/mol. The van der Waals surface area contributed by atoms with Crippen LogP contribution in [0, 0.1) is 0 Å². The average Bonchev–Trinajstić information content (AvgIpc) is 2.74. The van der Waals surface area contributed by atoms with Crippen molar-refractivity contribution in [3.63, 3.8) is 0 Å². The van der Waals surface area contributed by atoms with Crippen molar-refractivity contribution in [2.45, 2.75) is 19.4 Å². The summed E-state index contributed by atoms with van der Waals surface area (Å²) in [6.07, 6.45) is 0.813. The zero-order chi connectivity index (χ0) is 13.1. The van der Waals surface area contributed by atoms with E-state index in [2.05, 4.69) is 10.4 Å². The van der Waals surface area contributed by atoms with Gasteiger partial charge in [0.15, 0.2) is 5.69 Å². The van der Waals surface area contributed by atoms with Crippen LogP contribution < -0.4 is 11.1 Å². The molecule has 5 heteroatoms. The topological polar surface area (TPSA) is 72.9 Å². The molecule has 0 radical (unpaired) electrons. The van der Waals surface area contributed by atoms with Gasteiger partial charge >= 0.3 is 0 Å². The lowest BCUT2D eigenvalue weighted by molar-refractivity contribution is 0.0933. The minimum atomic E-state index is -0.163. The van der Waals surface area contributed by atoms with E-state index in [4.69, 9.17) is 5.73 Å². The van der Waals surface area contributed by atoms with Crippen LogP contribution in [0.1, 0.15) is 23.8 Å². The number of benzene rings is 1. The number of amides is 1. The third-order valence-electron chi connectivity index (χ3n) is 3.09. The molecule has 3 N–H and O–H groups in total. The molecule has 2 rings (SSSR count). The number of fused-ring (bicyclic) bond motifs is 1. The number of nitrogens with one attached hydrogen (secondary N) is 1. The van der Waals surface area contributed by atoms with Crippen LogP contribution in [0.25, 0.3) is 10.9 Å². The Hall–Kier alpha value is -1.88. The molecule has 1 aromatic heterocycles. The lowest BCUT2D eigenvalue weighted by Crippen LogP contribution is -2.39. The van der Waals surface area contributed by atoms with Crippen molar-refractivity contribution in [3.8, 4) is 0 Å². The Morgan fingerprint density at radius 2 is 2.22 bits per heavy atom. The molecule has 0 saturated heterocycles. The summed E-state index contributed by atoms with van der Waals surface area (Å²) in [4.78, 5) is 12.2. The van der Waals surface area contributed by atoms with Crippen LogP contribution in [-0.2, 0) is 7.05 Å². The van der Waals surface area contributed by atoms with Crippen LogP contribution in [0.2, 0.25) is 0 Å². The molecule has 0 fully saturated rings. The number of hydrogen-bond donors (Lipinski definition) is 2. The van der Waals surface area contributed by atoms with Crippen LogP contribution >= 0.6 is 0 Å². The number of carbonyl (C=O) groups is 1. The number of carbonyl (C=O) groups excluding carboxylic acids is 1. The van der Waals surface area contributed by atoms with Gasteiger partial charge in [-0.1, -0.05) is 25.1 Å². The fraction of sp³-hybridized carbons (Fsp3) is 0.385. The molecule has 0 aliphatic rings. The van der Waals surface area contributed by atoms with Gasteiger partial charge in [-0.05, 0) is 12.5 Å². The van der Waals surface area contributed by atoms with Crippen molar-refractivity contribution in [2.75, 3.05) is 6.54 Å². The van der Waals surface area contributed by atoms with Gasteiger partial charge < -0.3 is 11.1 Å². The van der Waals surface area contributed by atoms with E-state index in [1.54, 1.807) is 4.68 Å². The summed E-state index contributed by atoms with van der Waals surface area (Å²) in [5.74, 6) is -0.163. The molecule has 0 bridgehead atoms. The second kappa shape index (κ2) is 5.18. The van der Waals surface area contributed by atoms with E-state index in [0.717, 1.165) is 17.3 Å². The van der Waals surface area contributed by atoms with E-state index in [0.29, 0.717) is 12.2 Å². The maximum atomic E-state index is 12.2. The molecule has 1 heterocycles. The second-order valence-electron chi connectivity index (χ2n) is 4.30. The Balaban J connectivity index is 2.33. The van der Waals surface area contributed by atoms with Gasteiger partial charge in [0.25, 0.3) is 5.91 Å². The number of aromatic nitrogens is 2. The first kappa shape index (κ1) is 12.6. The zero-order valence-corrected chi connectivity index (χ0v) is 10.7. The highest BCUT2D eigenvalue weighted by Gasteiger charge is 2.17. The minimum Gasteiger partial charge on any atom is -0.347 e. The normalized spacial score (nSPS) is 12.6. The minimum absolute atomic E-state index is 0.00160. The Labute approximate surface area is 106 Å². The number of nitrogens with two attached hydrogens (primary N) is 1. The number of rotatable bonds is 4. The third kappa shape index (κ3) is 2.22. The summed E-state index contributed by atoms with van der Waals surface area (Å²) in [6, 6.07) is 7.68. The summed E-state index contributed by atoms with van der Waals surface area (Å²) in [5, 5.41) is 8.04. The van der Waals surface area contributed by atoms with E-state index < -0.39 is 0 Å². The number of para-hydroxylation sites is 1. The standard InChI is InChI=1S/C13H18N4O/c1-3-9(8-14)15-13(18)12-10-6-4-5-7-11(10)17(2)16-12/h4-7,9H,3,8,14H2,1-2H3,(H,15,18). The number of aryl methyl sites for hydroxylation is 1. The predicted octanol–water partition coefficient (Wildman–Crippen LogP) is 1.04. The monoisotopic (exact) mass is 246 g/mol. The molecule has 1 aromatic carbocycles. The summed E-state index contributed by atoms with van der Waals surface area (Å²) in [6.45, 7) is 2.43. The summed E-state index contributed by atoms with van der Waals surface area (Å²) >= 11 is 0. The second-order valence-corrected chi connectivity index (χ2v) is 4.30. The van der Waals surface area contributed by atoms with Crippen LogP contribution in [0.4, 0.5) is 0 Å². The van der Waals surface area contributed by atoms with Crippen molar-refractivity contribution in [1.29, 1.82) is 0 Å². The van der Waals surface area contributed by atoms with Crippen molar-refractivity contribution in [1.82, 2.24) is 15.1 Å². The summed E-state index contributed by atoms with van der Waals surface area (Å²) < 4.78 is 1.72. The van der Waals surface area contributed by atoms with Crippen LogP contribution in [-0.4, -0.2) is 28.3 Å². The van der Waals surface area contributed by atoms with E-state index >= 15 is 0 Å². The fourth-order valence-corrected chi connectivity index (χ4v) is 1.96. The quantitative estimate of drug-likeness (QED) is 0.846. The van der Waals surface area contributed by atoms with E-state index in [1.807, 2.05) is 38.2 Å². The molecule has 1 unspecified atom stereocenters. The van der Waals surface area contributed by atoms with Crippen molar-refractivity contribution < 1.29 is 4.79 Å². The van der Waals surface area contributed by atoms with Gasteiger partial charge in [0.2, 0.25) is 0 Å². The Bertz CT molecular complexity index is 557. The van der Waals surface area contributed by atoms with Crippen LogP contribution in [0.15, 0.2) is 24.3 Å². The molecule has 18 heavy (non-hydrogen) atoms. The smallest absolute Gasteiger partial charge is 0.272 e. The van der Waals surface area contributed by atoms with E-state index in [-0.39, 0.29) is 11.9 Å². The van der Waals surface area contributed by atoms with Gasteiger partial charge in [0.1, 0.15) is 0 Å².